The predicted molar refractivity (Wildman–Crippen MR) is 97.5 cm³/mol. The molecule has 0 atom stereocenters. The van der Waals surface area contributed by atoms with Crippen molar-refractivity contribution < 1.29 is 15.0 Å². The third kappa shape index (κ3) is 20.4. The zero-order valence-corrected chi connectivity index (χ0v) is 14.2. The number of carboxylic acid groups (broad SMARTS) is 1. The van der Waals surface area contributed by atoms with Gasteiger partial charge in [0.15, 0.2) is 0 Å². The lowest BCUT2D eigenvalue weighted by Crippen LogP contribution is -1.84. The quantitative estimate of drug-likeness (QED) is 0.248. The minimum Gasteiger partial charge on any atom is -0.478 e. The molecule has 0 aromatic rings. The highest BCUT2D eigenvalue weighted by Crippen LogP contribution is 2.09. The van der Waals surface area contributed by atoms with Crippen LogP contribution in [0.5, 0.6) is 0 Å². The summed E-state index contributed by atoms with van der Waals surface area (Å²) in [6, 6.07) is 0. The average Bonchev–Trinajstić information content (AvgIpc) is 2.53. The van der Waals surface area contributed by atoms with E-state index >= 15 is 0 Å². The average molecular weight is 320 g/mol. The van der Waals surface area contributed by atoms with Gasteiger partial charge < -0.3 is 10.2 Å². The predicted octanol–water partition coefficient (Wildman–Crippen LogP) is 5.19. The van der Waals surface area contributed by atoms with Crippen molar-refractivity contribution in [3.8, 4) is 0 Å². The van der Waals surface area contributed by atoms with Gasteiger partial charge in [0, 0.05) is 12.7 Å². The van der Waals surface area contributed by atoms with Gasteiger partial charge in [0.25, 0.3) is 0 Å². The monoisotopic (exact) mass is 320 g/mol. The first-order valence-corrected chi connectivity index (χ1v) is 8.76. The maximum absolute atomic E-state index is 10.2. The van der Waals surface area contributed by atoms with Gasteiger partial charge in [-0.3, -0.25) is 0 Å². The fourth-order valence-corrected chi connectivity index (χ4v) is 2.14. The first-order chi connectivity index (χ1) is 11.3. The Balaban J connectivity index is 3.35. The molecular formula is C20H32O3. The van der Waals surface area contributed by atoms with Gasteiger partial charge in [0.2, 0.25) is 0 Å². The molecular weight excluding hydrogens is 288 g/mol. The maximum Gasteiger partial charge on any atom is 0.327 e. The van der Waals surface area contributed by atoms with E-state index < -0.39 is 5.97 Å². The van der Waals surface area contributed by atoms with E-state index in [0.717, 1.165) is 25.3 Å². The smallest absolute Gasteiger partial charge is 0.327 e. The number of hydrogen-bond donors (Lipinski definition) is 2. The molecule has 130 valence electrons. The van der Waals surface area contributed by atoms with Crippen LogP contribution in [-0.2, 0) is 4.79 Å². The summed E-state index contributed by atoms with van der Waals surface area (Å²) in [4.78, 5) is 10.2. The summed E-state index contributed by atoms with van der Waals surface area (Å²) >= 11 is 0. The van der Waals surface area contributed by atoms with Crippen LogP contribution in [0.25, 0.3) is 0 Å². The molecule has 0 aromatic heterocycles. The van der Waals surface area contributed by atoms with Crippen molar-refractivity contribution in [3.63, 3.8) is 0 Å². The van der Waals surface area contributed by atoms with Gasteiger partial charge in [0.05, 0.1) is 0 Å². The van der Waals surface area contributed by atoms with E-state index in [1.165, 1.54) is 38.5 Å². The van der Waals surface area contributed by atoms with Crippen molar-refractivity contribution in [3.05, 3.63) is 48.6 Å². The Morgan fingerprint density at radius 3 is 1.87 bits per heavy atom. The first kappa shape index (κ1) is 21.4. The molecule has 0 rings (SSSR count). The van der Waals surface area contributed by atoms with E-state index in [1.807, 2.05) is 24.3 Å². The molecule has 0 saturated heterocycles. The van der Waals surface area contributed by atoms with Crippen LogP contribution >= 0.6 is 0 Å². The van der Waals surface area contributed by atoms with E-state index in [9.17, 15) is 4.79 Å². The normalized spacial score (nSPS) is 12.4. The molecule has 0 aliphatic rings. The molecule has 0 aromatic carbocycles. The molecule has 3 nitrogen and oxygen atoms in total. The van der Waals surface area contributed by atoms with Gasteiger partial charge in [-0.15, -0.1) is 0 Å². The lowest BCUT2D eigenvalue weighted by Gasteiger charge is -2.00. The van der Waals surface area contributed by atoms with Crippen molar-refractivity contribution in [2.75, 3.05) is 6.61 Å². The van der Waals surface area contributed by atoms with Crippen molar-refractivity contribution in [1.82, 2.24) is 0 Å². The van der Waals surface area contributed by atoms with Crippen LogP contribution in [0.4, 0.5) is 0 Å². The molecule has 0 radical (unpaired) electrons. The van der Waals surface area contributed by atoms with Gasteiger partial charge in [-0.05, 0) is 25.7 Å². The molecule has 0 fully saturated rings. The minimum absolute atomic E-state index is 0.332. The Morgan fingerprint density at radius 2 is 1.26 bits per heavy atom. The molecule has 3 heteroatoms. The highest BCUT2D eigenvalue weighted by Gasteiger charge is 1.91. The number of aliphatic carboxylic acids is 1. The number of hydrogen-bond acceptors (Lipinski definition) is 2. The number of rotatable bonds is 15. The molecule has 0 saturated carbocycles. The van der Waals surface area contributed by atoms with Crippen LogP contribution in [0, 0.1) is 0 Å². The molecule has 23 heavy (non-hydrogen) atoms. The summed E-state index contributed by atoms with van der Waals surface area (Å²) < 4.78 is 0. The first-order valence-electron chi connectivity index (χ1n) is 8.76. The van der Waals surface area contributed by atoms with Crippen LogP contribution in [0.3, 0.4) is 0 Å². The van der Waals surface area contributed by atoms with Crippen LogP contribution < -0.4 is 0 Å². The Labute approximate surface area is 141 Å². The Bertz CT molecular complexity index is 378. The summed E-state index contributed by atoms with van der Waals surface area (Å²) in [6.45, 7) is 0.332. The second-order valence-electron chi connectivity index (χ2n) is 5.56. The Hall–Kier alpha value is -1.61. The lowest BCUT2D eigenvalue weighted by molar-refractivity contribution is -0.131. The highest BCUT2D eigenvalue weighted by molar-refractivity contribution is 5.79. The molecule has 0 aliphatic heterocycles. The van der Waals surface area contributed by atoms with Crippen LogP contribution in [0.2, 0.25) is 0 Å². The van der Waals surface area contributed by atoms with Crippen LogP contribution in [-0.4, -0.2) is 22.8 Å². The third-order valence-corrected chi connectivity index (χ3v) is 3.42. The van der Waals surface area contributed by atoms with Crippen LogP contribution in [0.1, 0.15) is 64.2 Å². The number of unbranched alkanes of at least 4 members (excludes halogenated alkanes) is 8. The molecule has 0 bridgehead atoms. The summed E-state index contributed by atoms with van der Waals surface area (Å²) in [6.07, 6.45) is 26.4. The largest absolute Gasteiger partial charge is 0.478 e. The van der Waals surface area contributed by atoms with E-state index in [0.29, 0.717) is 13.0 Å². The number of carboxylic acids is 1. The van der Waals surface area contributed by atoms with Crippen molar-refractivity contribution in [2.45, 2.75) is 64.2 Å². The van der Waals surface area contributed by atoms with E-state index in [-0.39, 0.29) is 0 Å². The number of aliphatic hydroxyl groups excluding tert-OH is 1. The molecule has 0 heterocycles. The SMILES string of the molecule is O=C(O)C=CC\C=C/C=C\C=C\CCCCCCCCCCO. The number of aliphatic hydroxyl groups is 1. The zero-order chi connectivity index (χ0) is 17.0. The lowest BCUT2D eigenvalue weighted by atomic mass is 10.1. The summed E-state index contributed by atoms with van der Waals surface area (Å²) in [5.41, 5.74) is 0. The standard InChI is InChI=1S/C20H32O3/c21-19-17-15-13-11-9-7-5-3-1-2-4-6-8-10-12-14-16-18-20(22)23/h2,4,6,8,10,12,16,18,21H,1,3,5,7,9,11,13-15,17,19H2,(H,22,23)/b4-2+,8-6-,12-10-,18-16?. The third-order valence-electron chi connectivity index (χ3n) is 3.42. The topological polar surface area (TPSA) is 57.5 Å². The Morgan fingerprint density at radius 1 is 0.696 bits per heavy atom. The molecule has 0 amide bonds. The molecule has 0 unspecified atom stereocenters. The zero-order valence-electron chi connectivity index (χ0n) is 14.2. The van der Waals surface area contributed by atoms with Gasteiger partial charge in [-0.25, -0.2) is 4.79 Å². The maximum atomic E-state index is 10.2. The molecule has 2 N–H and O–H groups in total. The van der Waals surface area contributed by atoms with E-state index in [1.54, 1.807) is 6.08 Å². The summed E-state index contributed by atoms with van der Waals surface area (Å²) in [7, 11) is 0. The van der Waals surface area contributed by atoms with Gasteiger partial charge in [-0.1, -0.05) is 81.1 Å². The second-order valence-corrected chi connectivity index (χ2v) is 5.56. The van der Waals surface area contributed by atoms with Gasteiger partial charge in [-0.2, -0.15) is 0 Å². The van der Waals surface area contributed by atoms with Crippen molar-refractivity contribution in [2.24, 2.45) is 0 Å². The molecule has 0 aliphatic carbocycles. The van der Waals surface area contributed by atoms with E-state index in [4.69, 9.17) is 10.2 Å². The van der Waals surface area contributed by atoms with E-state index in [2.05, 4.69) is 12.2 Å². The number of carbonyl (C=O) groups is 1. The summed E-state index contributed by atoms with van der Waals surface area (Å²) in [5.74, 6) is -0.904. The molecule has 0 spiro atoms. The van der Waals surface area contributed by atoms with Crippen LogP contribution in [0.15, 0.2) is 48.6 Å². The van der Waals surface area contributed by atoms with Gasteiger partial charge >= 0.3 is 5.97 Å². The van der Waals surface area contributed by atoms with Gasteiger partial charge in [0.1, 0.15) is 0 Å². The minimum atomic E-state index is -0.904. The Kier molecular flexibility index (Phi) is 17.1. The second kappa shape index (κ2) is 18.4. The number of allylic oxidation sites excluding steroid dienone is 7. The van der Waals surface area contributed by atoms with Crippen molar-refractivity contribution >= 4 is 5.97 Å². The fraction of sp³-hybridized carbons (Fsp3) is 0.550. The fourth-order valence-electron chi connectivity index (χ4n) is 2.14. The summed E-state index contributed by atoms with van der Waals surface area (Å²) in [5, 5.41) is 17.1. The van der Waals surface area contributed by atoms with Crippen molar-refractivity contribution in [1.29, 1.82) is 0 Å². The highest BCUT2D eigenvalue weighted by atomic mass is 16.4.